The van der Waals surface area contributed by atoms with E-state index in [1.807, 2.05) is 6.07 Å². The van der Waals surface area contributed by atoms with Crippen LogP contribution in [0.1, 0.15) is 26.3 Å². The standard InChI is InChI=1S/C19H18O6/c1-22-11-13-3-2-4-15(9-13)19(21)25-12-16(20)14-5-6-17-18(10-14)24-8-7-23-17/h2-6,9-10H,7-8,11-12H2,1H3. The predicted octanol–water partition coefficient (Wildman–Crippen LogP) is 2.64. The van der Waals surface area contributed by atoms with Crippen molar-refractivity contribution in [2.24, 2.45) is 0 Å². The van der Waals surface area contributed by atoms with Crippen LogP contribution in [-0.4, -0.2) is 38.7 Å². The number of ketones is 1. The Morgan fingerprint density at radius 2 is 1.80 bits per heavy atom. The van der Waals surface area contributed by atoms with Crippen molar-refractivity contribution in [3.63, 3.8) is 0 Å². The Hall–Kier alpha value is -2.86. The van der Waals surface area contributed by atoms with Gasteiger partial charge >= 0.3 is 5.97 Å². The highest BCUT2D eigenvalue weighted by Gasteiger charge is 2.17. The minimum absolute atomic E-state index is 0.307. The molecule has 1 aliphatic rings. The van der Waals surface area contributed by atoms with Crippen molar-refractivity contribution < 1.29 is 28.5 Å². The van der Waals surface area contributed by atoms with E-state index in [0.29, 0.717) is 42.4 Å². The van der Waals surface area contributed by atoms with Gasteiger partial charge in [0.1, 0.15) is 13.2 Å². The minimum atomic E-state index is -0.552. The summed E-state index contributed by atoms with van der Waals surface area (Å²) in [7, 11) is 1.58. The zero-order valence-corrected chi connectivity index (χ0v) is 13.8. The van der Waals surface area contributed by atoms with Gasteiger partial charge in [-0.05, 0) is 35.9 Å². The number of benzene rings is 2. The lowest BCUT2D eigenvalue weighted by Gasteiger charge is -2.18. The maximum Gasteiger partial charge on any atom is 0.338 e. The van der Waals surface area contributed by atoms with E-state index < -0.39 is 5.97 Å². The van der Waals surface area contributed by atoms with E-state index in [9.17, 15) is 9.59 Å². The van der Waals surface area contributed by atoms with E-state index in [4.69, 9.17) is 18.9 Å². The molecule has 1 aliphatic heterocycles. The fourth-order valence-electron chi connectivity index (χ4n) is 2.47. The van der Waals surface area contributed by atoms with Crippen LogP contribution in [0.2, 0.25) is 0 Å². The summed E-state index contributed by atoms with van der Waals surface area (Å²) >= 11 is 0. The maximum absolute atomic E-state index is 12.2. The molecule has 0 amide bonds. The zero-order valence-electron chi connectivity index (χ0n) is 13.8. The van der Waals surface area contributed by atoms with Crippen LogP contribution in [0, 0.1) is 0 Å². The highest BCUT2D eigenvalue weighted by atomic mass is 16.6. The van der Waals surface area contributed by atoms with Crippen LogP contribution in [0.25, 0.3) is 0 Å². The molecule has 3 rings (SSSR count). The smallest absolute Gasteiger partial charge is 0.338 e. The Morgan fingerprint density at radius 3 is 2.60 bits per heavy atom. The minimum Gasteiger partial charge on any atom is -0.486 e. The second kappa shape index (κ2) is 7.81. The Kier molecular flexibility index (Phi) is 5.30. The number of rotatable bonds is 6. The normalized spacial score (nSPS) is 12.5. The van der Waals surface area contributed by atoms with Gasteiger partial charge in [0, 0.05) is 12.7 Å². The molecule has 6 nitrogen and oxygen atoms in total. The first-order chi connectivity index (χ1) is 12.2. The van der Waals surface area contributed by atoms with Crippen molar-refractivity contribution in [2.75, 3.05) is 26.9 Å². The molecule has 25 heavy (non-hydrogen) atoms. The predicted molar refractivity (Wildman–Crippen MR) is 89.2 cm³/mol. The molecule has 0 spiro atoms. The van der Waals surface area contributed by atoms with E-state index in [0.717, 1.165) is 5.56 Å². The molecule has 0 N–H and O–H groups in total. The Morgan fingerprint density at radius 1 is 1.00 bits per heavy atom. The SMILES string of the molecule is COCc1cccc(C(=O)OCC(=O)c2ccc3c(c2)OCCO3)c1. The van der Waals surface area contributed by atoms with Crippen LogP contribution in [0.5, 0.6) is 11.5 Å². The molecule has 0 saturated heterocycles. The number of hydrogen-bond donors (Lipinski definition) is 0. The molecule has 1 heterocycles. The van der Waals surface area contributed by atoms with Gasteiger partial charge in [-0.2, -0.15) is 0 Å². The van der Waals surface area contributed by atoms with Crippen LogP contribution < -0.4 is 9.47 Å². The first-order valence-electron chi connectivity index (χ1n) is 7.85. The molecule has 6 heteroatoms. The summed E-state index contributed by atoms with van der Waals surface area (Å²) in [5, 5.41) is 0. The monoisotopic (exact) mass is 342 g/mol. The highest BCUT2D eigenvalue weighted by molar-refractivity contribution is 5.99. The van der Waals surface area contributed by atoms with Gasteiger partial charge < -0.3 is 18.9 Å². The second-order valence-corrected chi connectivity index (χ2v) is 5.49. The van der Waals surface area contributed by atoms with Crippen molar-refractivity contribution in [1.82, 2.24) is 0 Å². The van der Waals surface area contributed by atoms with E-state index >= 15 is 0 Å². The van der Waals surface area contributed by atoms with Gasteiger partial charge in [-0.1, -0.05) is 12.1 Å². The Bertz CT molecular complexity index is 783. The third kappa shape index (κ3) is 4.16. The number of hydrogen-bond acceptors (Lipinski definition) is 6. The first kappa shape index (κ1) is 17.0. The summed E-state index contributed by atoms with van der Waals surface area (Å²) in [5.41, 5.74) is 1.64. The lowest BCUT2D eigenvalue weighted by atomic mass is 10.1. The lowest BCUT2D eigenvalue weighted by Crippen LogP contribution is -2.17. The summed E-state index contributed by atoms with van der Waals surface area (Å²) in [6.07, 6.45) is 0. The molecule has 130 valence electrons. The number of Topliss-reactive ketones (excluding diaryl/α,β-unsaturated/α-hetero) is 1. The largest absolute Gasteiger partial charge is 0.486 e. The molecule has 0 aliphatic carbocycles. The molecule has 0 aromatic heterocycles. The summed E-state index contributed by atoms with van der Waals surface area (Å²) in [6, 6.07) is 11.8. The van der Waals surface area contributed by atoms with Gasteiger partial charge in [0.2, 0.25) is 0 Å². The van der Waals surface area contributed by atoms with Gasteiger partial charge in [-0.3, -0.25) is 4.79 Å². The van der Waals surface area contributed by atoms with Crippen LogP contribution in [-0.2, 0) is 16.1 Å². The van der Waals surface area contributed by atoms with E-state index in [1.54, 1.807) is 43.5 Å². The topological polar surface area (TPSA) is 71.1 Å². The summed E-state index contributed by atoms with van der Waals surface area (Å²) in [6.45, 7) is 0.988. The van der Waals surface area contributed by atoms with Crippen molar-refractivity contribution in [3.05, 3.63) is 59.2 Å². The fraction of sp³-hybridized carbons (Fsp3) is 0.263. The quantitative estimate of drug-likeness (QED) is 0.594. The number of fused-ring (bicyclic) bond motifs is 1. The first-order valence-corrected chi connectivity index (χ1v) is 7.85. The van der Waals surface area contributed by atoms with E-state index in [1.165, 1.54) is 0 Å². The molecule has 0 radical (unpaired) electrons. The molecule has 2 aromatic rings. The third-order valence-electron chi connectivity index (χ3n) is 3.67. The zero-order chi connectivity index (χ0) is 17.6. The number of esters is 1. The van der Waals surface area contributed by atoms with Crippen LogP contribution in [0.4, 0.5) is 0 Å². The van der Waals surface area contributed by atoms with Gasteiger partial charge in [0.05, 0.1) is 12.2 Å². The second-order valence-electron chi connectivity index (χ2n) is 5.49. The van der Waals surface area contributed by atoms with Gasteiger partial charge in [0.15, 0.2) is 23.9 Å². The van der Waals surface area contributed by atoms with Crippen molar-refractivity contribution in [1.29, 1.82) is 0 Å². The average Bonchev–Trinajstić information content (AvgIpc) is 2.66. The van der Waals surface area contributed by atoms with Crippen LogP contribution in [0.15, 0.2) is 42.5 Å². The molecule has 2 aromatic carbocycles. The maximum atomic E-state index is 12.2. The molecule has 0 atom stereocenters. The van der Waals surface area contributed by atoms with E-state index in [2.05, 4.69) is 0 Å². The third-order valence-corrected chi connectivity index (χ3v) is 3.67. The number of ether oxygens (including phenoxy) is 4. The van der Waals surface area contributed by atoms with Crippen molar-refractivity contribution >= 4 is 11.8 Å². The van der Waals surface area contributed by atoms with Crippen molar-refractivity contribution in [2.45, 2.75) is 6.61 Å². The molecular weight excluding hydrogens is 324 g/mol. The number of carbonyl (C=O) groups is 2. The van der Waals surface area contributed by atoms with Crippen LogP contribution >= 0.6 is 0 Å². The number of carbonyl (C=O) groups excluding carboxylic acids is 2. The lowest BCUT2D eigenvalue weighted by molar-refractivity contribution is 0.0474. The molecule has 0 bridgehead atoms. The molecule has 0 unspecified atom stereocenters. The summed E-state index contributed by atoms with van der Waals surface area (Å²) in [5.74, 6) is 0.271. The number of methoxy groups -OCH3 is 1. The van der Waals surface area contributed by atoms with E-state index in [-0.39, 0.29) is 12.4 Å². The van der Waals surface area contributed by atoms with Gasteiger partial charge in [0.25, 0.3) is 0 Å². The summed E-state index contributed by atoms with van der Waals surface area (Å²) in [4.78, 5) is 24.4. The average molecular weight is 342 g/mol. The highest BCUT2D eigenvalue weighted by Crippen LogP contribution is 2.30. The Balaban J connectivity index is 1.62. The van der Waals surface area contributed by atoms with Gasteiger partial charge in [-0.25, -0.2) is 4.79 Å². The summed E-state index contributed by atoms with van der Waals surface area (Å²) < 4.78 is 21.0. The molecule has 0 fully saturated rings. The van der Waals surface area contributed by atoms with Crippen molar-refractivity contribution in [3.8, 4) is 11.5 Å². The molecule has 0 saturated carbocycles. The van der Waals surface area contributed by atoms with Gasteiger partial charge in [-0.15, -0.1) is 0 Å². The fourth-order valence-corrected chi connectivity index (χ4v) is 2.47. The Labute approximate surface area is 145 Å². The van der Waals surface area contributed by atoms with Crippen LogP contribution in [0.3, 0.4) is 0 Å². The molecular formula is C19H18O6.